The second-order valence-corrected chi connectivity index (χ2v) is 3.38. The zero-order chi connectivity index (χ0) is 10.7. The molecule has 0 bridgehead atoms. The normalized spacial score (nSPS) is 9.38. The van der Waals surface area contributed by atoms with Crippen molar-refractivity contribution in [3.8, 4) is 0 Å². The van der Waals surface area contributed by atoms with Gasteiger partial charge >= 0.3 is 0 Å². The SMILES string of the molecule is CC(=O)C(C)C.CCCOCCC. The topological polar surface area (TPSA) is 26.3 Å². The maximum atomic E-state index is 10.1. The molecule has 0 unspecified atom stereocenters. The summed E-state index contributed by atoms with van der Waals surface area (Å²) in [6, 6.07) is 0. The average Bonchev–Trinajstić information content (AvgIpc) is 2.06. The highest BCUT2D eigenvalue weighted by atomic mass is 16.5. The lowest BCUT2D eigenvalue weighted by molar-refractivity contribution is -0.119. The van der Waals surface area contributed by atoms with Crippen LogP contribution in [-0.4, -0.2) is 19.0 Å². The van der Waals surface area contributed by atoms with Gasteiger partial charge in [-0.3, -0.25) is 4.79 Å². The Morgan fingerprint density at radius 2 is 1.46 bits per heavy atom. The number of ether oxygens (including phenoxy) is 1. The van der Waals surface area contributed by atoms with Gasteiger partial charge in [-0.2, -0.15) is 0 Å². The molecule has 0 amide bonds. The molecular weight excluding hydrogens is 164 g/mol. The van der Waals surface area contributed by atoms with E-state index in [2.05, 4.69) is 13.8 Å². The molecule has 0 N–H and O–H groups in total. The van der Waals surface area contributed by atoms with Gasteiger partial charge in [-0.05, 0) is 19.8 Å². The summed E-state index contributed by atoms with van der Waals surface area (Å²) >= 11 is 0. The Hall–Kier alpha value is -0.370. The molecule has 2 nitrogen and oxygen atoms in total. The molecule has 0 aliphatic heterocycles. The van der Waals surface area contributed by atoms with Crippen LogP contribution < -0.4 is 0 Å². The lowest BCUT2D eigenvalue weighted by Crippen LogP contribution is -1.98. The van der Waals surface area contributed by atoms with Crippen LogP contribution in [0.3, 0.4) is 0 Å². The van der Waals surface area contributed by atoms with Crippen molar-refractivity contribution in [3.05, 3.63) is 0 Å². The Bertz CT molecular complexity index is 105. The zero-order valence-corrected chi connectivity index (χ0v) is 9.72. The summed E-state index contributed by atoms with van der Waals surface area (Å²) in [6.45, 7) is 11.5. The lowest BCUT2D eigenvalue weighted by Gasteiger charge is -1.95. The van der Waals surface area contributed by atoms with Crippen molar-refractivity contribution in [2.45, 2.75) is 47.5 Å². The molecule has 0 aliphatic carbocycles. The van der Waals surface area contributed by atoms with E-state index in [4.69, 9.17) is 4.74 Å². The Labute approximate surface area is 82.7 Å². The molecule has 0 saturated carbocycles. The van der Waals surface area contributed by atoms with Crippen molar-refractivity contribution in [2.75, 3.05) is 13.2 Å². The third-order valence-corrected chi connectivity index (χ3v) is 1.51. The first-order valence-electron chi connectivity index (χ1n) is 5.14. The monoisotopic (exact) mass is 188 g/mol. The van der Waals surface area contributed by atoms with Gasteiger partial charge in [0.25, 0.3) is 0 Å². The van der Waals surface area contributed by atoms with Crippen molar-refractivity contribution in [3.63, 3.8) is 0 Å². The molecule has 0 spiro atoms. The minimum absolute atomic E-state index is 0.213. The molecule has 0 atom stereocenters. The molecular formula is C11H24O2. The minimum atomic E-state index is 0.213. The van der Waals surface area contributed by atoms with Gasteiger partial charge in [-0.15, -0.1) is 0 Å². The molecule has 0 heterocycles. The quantitative estimate of drug-likeness (QED) is 0.620. The van der Waals surface area contributed by atoms with Gasteiger partial charge in [0.05, 0.1) is 0 Å². The smallest absolute Gasteiger partial charge is 0.132 e. The summed E-state index contributed by atoms with van der Waals surface area (Å²) in [4.78, 5) is 10.1. The van der Waals surface area contributed by atoms with E-state index in [1.807, 2.05) is 13.8 Å². The van der Waals surface area contributed by atoms with Crippen LogP contribution in [0.25, 0.3) is 0 Å². The summed E-state index contributed by atoms with van der Waals surface area (Å²) in [7, 11) is 0. The number of carbonyl (C=O) groups is 1. The predicted octanol–water partition coefficient (Wildman–Crippen LogP) is 3.05. The standard InChI is InChI=1S/C6H14O.C5H10O/c1-3-5-7-6-4-2;1-4(2)5(3)6/h3-6H2,1-2H3;4H,1-3H3. The molecule has 0 aliphatic rings. The minimum Gasteiger partial charge on any atom is -0.381 e. The van der Waals surface area contributed by atoms with Gasteiger partial charge in [0.15, 0.2) is 0 Å². The Morgan fingerprint density at radius 3 is 1.62 bits per heavy atom. The van der Waals surface area contributed by atoms with Gasteiger partial charge in [0.2, 0.25) is 0 Å². The predicted molar refractivity (Wildman–Crippen MR) is 56.9 cm³/mol. The highest BCUT2D eigenvalue weighted by Gasteiger charge is 1.95. The second-order valence-electron chi connectivity index (χ2n) is 3.38. The van der Waals surface area contributed by atoms with Crippen LogP contribution in [0.2, 0.25) is 0 Å². The molecule has 0 aromatic heterocycles. The van der Waals surface area contributed by atoms with Crippen molar-refractivity contribution in [1.29, 1.82) is 0 Å². The van der Waals surface area contributed by atoms with Crippen molar-refractivity contribution in [2.24, 2.45) is 5.92 Å². The summed E-state index contributed by atoms with van der Waals surface area (Å²) in [5, 5.41) is 0. The van der Waals surface area contributed by atoms with E-state index < -0.39 is 0 Å². The summed E-state index contributed by atoms with van der Waals surface area (Å²) < 4.78 is 5.13. The summed E-state index contributed by atoms with van der Waals surface area (Å²) in [5.74, 6) is 0.472. The molecule has 0 fully saturated rings. The molecule has 0 radical (unpaired) electrons. The van der Waals surface area contributed by atoms with Crippen LogP contribution >= 0.6 is 0 Å². The Balaban J connectivity index is 0. The highest BCUT2D eigenvalue weighted by molar-refractivity contribution is 5.77. The van der Waals surface area contributed by atoms with Gasteiger partial charge in [-0.25, -0.2) is 0 Å². The first-order chi connectivity index (χ1) is 6.06. The van der Waals surface area contributed by atoms with E-state index >= 15 is 0 Å². The van der Waals surface area contributed by atoms with Crippen LogP contribution in [0.15, 0.2) is 0 Å². The van der Waals surface area contributed by atoms with Crippen LogP contribution in [0, 0.1) is 5.92 Å². The molecule has 80 valence electrons. The van der Waals surface area contributed by atoms with Crippen molar-refractivity contribution in [1.82, 2.24) is 0 Å². The number of carbonyl (C=O) groups excluding carboxylic acids is 1. The first-order valence-corrected chi connectivity index (χ1v) is 5.14. The van der Waals surface area contributed by atoms with Crippen molar-refractivity contribution < 1.29 is 9.53 Å². The molecule has 0 aromatic rings. The summed E-state index contributed by atoms with van der Waals surface area (Å²) in [5.41, 5.74) is 0. The average molecular weight is 188 g/mol. The highest BCUT2D eigenvalue weighted by Crippen LogP contribution is 1.89. The molecule has 13 heavy (non-hydrogen) atoms. The fourth-order valence-electron chi connectivity index (χ4n) is 0.391. The van der Waals surface area contributed by atoms with Crippen molar-refractivity contribution >= 4 is 5.78 Å². The van der Waals surface area contributed by atoms with E-state index in [0.29, 0.717) is 0 Å². The van der Waals surface area contributed by atoms with Crippen LogP contribution in [0.4, 0.5) is 0 Å². The fraction of sp³-hybridized carbons (Fsp3) is 0.909. The Kier molecular flexibility index (Phi) is 13.5. The number of rotatable bonds is 5. The van der Waals surface area contributed by atoms with Crippen LogP contribution in [0.1, 0.15) is 47.5 Å². The number of ketones is 1. The zero-order valence-electron chi connectivity index (χ0n) is 9.72. The molecule has 0 saturated heterocycles. The van der Waals surface area contributed by atoms with E-state index in [1.54, 1.807) is 6.92 Å². The number of hydrogen-bond donors (Lipinski definition) is 0. The number of Topliss-reactive ketones (excluding diaryl/α,β-unsaturated/α-hetero) is 1. The fourth-order valence-corrected chi connectivity index (χ4v) is 0.391. The molecule has 0 aromatic carbocycles. The van der Waals surface area contributed by atoms with E-state index in [0.717, 1.165) is 26.1 Å². The number of hydrogen-bond acceptors (Lipinski definition) is 2. The first kappa shape index (κ1) is 15.1. The van der Waals surface area contributed by atoms with E-state index in [1.165, 1.54) is 0 Å². The largest absolute Gasteiger partial charge is 0.381 e. The third-order valence-electron chi connectivity index (χ3n) is 1.51. The van der Waals surface area contributed by atoms with E-state index in [9.17, 15) is 4.79 Å². The van der Waals surface area contributed by atoms with Crippen LogP contribution in [0.5, 0.6) is 0 Å². The van der Waals surface area contributed by atoms with Crippen LogP contribution in [-0.2, 0) is 9.53 Å². The Morgan fingerprint density at radius 1 is 1.15 bits per heavy atom. The maximum Gasteiger partial charge on any atom is 0.132 e. The van der Waals surface area contributed by atoms with Gasteiger partial charge < -0.3 is 4.74 Å². The molecule has 0 rings (SSSR count). The summed E-state index contributed by atoms with van der Waals surface area (Å²) in [6.07, 6.45) is 2.28. The second kappa shape index (κ2) is 11.6. The van der Waals surface area contributed by atoms with Gasteiger partial charge in [-0.1, -0.05) is 27.7 Å². The maximum absolute atomic E-state index is 10.1. The third kappa shape index (κ3) is 18.5. The van der Waals surface area contributed by atoms with E-state index in [-0.39, 0.29) is 11.7 Å². The van der Waals surface area contributed by atoms with Gasteiger partial charge in [0, 0.05) is 19.1 Å². The molecule has 2 heteroatoms. The van der Waals surface area contributed by atoms with Gasteiger partial charge in [0.1, 0.15) is 5.78 Å². The lowest BCUT2D eigenvalue weighted by atomic mass is 10.1.